The van der Waals surface area contributed by atoms with Gasteiger partial charge in [0.1, 0.15) is 17.2 Å². The van der Waals surface area contributed by atoms with Gasteiger partial charge < -0.3 is 14.8 Å². The second-order valence-corrected chi connectivity index (χ2v) is 10.8. The molecular formula is C28H31BrFNO4. The summed E-state index contributed by atoms with van der Waals surface area (Å²) in [5.41, 5.74) is 2.22. The molecule has 0 radical (unpaired) electrons. The van der Waals surface area contributed by atoms with Crippen molar-refractivity contribution in [2.24, 2.45) is 11.8 Å². The van der Waals surface area contributed by atoms with E-state index in [9.17, 15) is 14.0 Å². The van der Waals surface area contributed by atoms with Crippen molar-refractivity contribution in [3.63, 3.8) is 0 Å². The zero-order chi connectivity index (χ0) is 25.3. The van der Waals surface area contributed by atoms with E-state index >= 15 is 0 Å². The molecule has 7 heteroatoms. The van der Waals surface area contributed by atoms with Crippen molar-refractivity contribution in [2.45, 2.75) is 59.0 Å². The van der Waals surface area contributed by atoms with Crippen molar-refractivity contribution >= 4 is 39.1 Å². The van der Waals surface area contributed by atoms with Crippen LogP contribution in [0.15, 0.2) is 40.9 Å². The second-order valence-electron chi connectivity index (χ2n) is 9.97. The Morgan fingerprint density at radius 3 is 2.54 bits per heavy atom. The van der Waals surface area contributed by atoms with Crippen molar-refractivity contribution in [1.29, 1.82) is 0 Å². The van der Waals surface area contributed by atoms with Gasteiger partial charge in [-0.2, -0.15) is 0 Å². The molecule has 0 bridgehead atoms. The Morgan fingerprint density at radius 1 is 1.17 bits per heavy atom. The van der Waals surface area contributed by atoms with Crippen LogP contribution < -0.4 is 10.1 Å². The molecule has 1 heterocycles. The Labute approximate surface area is 214 Å². The van der Waals surface area contributed by atoms with Crippen molar-refractivity contribution in [3.05, 3.63) is 63.4 Å². The van der Waals surface area contributed by atoms with Gasteiger partial charge in [0.15, 0.2) is 0 Å². The largest absolute Gasteiger partial charge is 0.482 e. The monoisotopic (exact) mass is 543 g/mol. The van der Waals surface area contributed by atoms with Gasteiger partial charge in [-0.05, 0) is 103 Å². The number of nitrogens with one attached hydrogen (secondary N) is 1. The molecule has 35 heavy (non-hydrogen) atoms. The summed E-state index contributed by atoms with van der Waals surface area (Å²) >= 11 is 3.61. The van der Waals surface area contributed by atoms with E-state index in [1.54, 1.807) is 13.0 Å². The number of fused-ring (bicyclic) bond motifs is 1. The maximum absolute atomic E-state index is 14.4. The molecule has 0 spiro atoms. The van der Waals surface area contributed by atoms with Crippen molar-refractivity contribution < 1.29 is 23.5 Å². The first-order valence-corrected chi connectivity index (χ1v) is 12.9. The zero-order valence-electron chi connectivity index (χ0n) is 20.5. The molecule has 2 aromatic rings. The van der Waals surface area contributed by atoms with Crippen LogP contribution in [0.1, 0.15) is 79.7 Å². The molecule has 0 saturated heterocycles. The van der Waals surface area contributed by atoms with E-state index < -0.39 is 17.4 Å². The minimum absolute atomic E-state index is 0.154. The minimum Gasteiger partial charge on any atom is -0.482 e. The first kappa shape index (κ1) is 25.4. The predicted octanol–water partition coefficient (Wildman–Crippen LogP) is 7.40. The summed E-state index contributed by atoms with van der Waals surface area (Å²) in [6.45, 7) is 8.20. The summed E-state index contributed by atoms with van der Waals surface area (Å²) < 4.78 is 26.3. The Hall–Kier alpha value is -2.67. The highest BCUT2D eigenvalue weighted by atomic mass is 79.9. The van der Waals surface area contributed by atoms with E-state index in [1.165, 1.54) is 30.5 Å². The van der Waals surface area contributed by atoms with Crippen LogP contribution in [0.25, 0.3) is 5.57 Å². The molecule has 1 aliphatic heterocycles. The SMILES string of the molecule is CCOC(=O)c1ccc(NC(=O)c2cc(Br)c3c(c2)C(C2CCC(C)CC2)=CC(C)(C)O3)cc1F. The fourth-order valence-corrected chi connectivity index (χ4v) is 5.41. The number of rotatable bonds is 5. The highest BCUT2D eigenvalue weighted by Crippen LogP contribution is 2.47. The molecule has 186 valence electrons. The van der Waals surface area contributed by atoms with E-state index in [2.05, 4.69) is 34.2 Å². The number of ether oxygens (including phenoxy) is 2. The van der Waals surface area contributed by atoms with Crippen LogP contribution >= 0.6 is 15.9 Å². The predicted molar refractivity (Wildman–Crippen MR) is 138 cm³/mol. The van der Waals surface area contributed by atoms with Gasteiger partial charge in [-0.25, -0.2) is 9.18 Å². The number of allylic oxidation sites excluding steroid dienone is 1. The molecule has 1 aliphatic carbocycles. The van der Waals surface area contributed by atoms with E-state index in [4.69, 9.17) is 9.47 Å². The van der Waals surface area contributed by atoms with Gasteiger partial charge in [-0.3, -0.25) is 4.79 Å². The lowest BCUT2D eigenvalue weighted by molar-refractivity contribution is 0.0521. The number of hydrogen-bond acceptors (Lipinski definition) is 4. The van der Waals surface area contributed by atoms with Crippen LogP contribution in [-0.4, -0.2) is 24.1 Å². The number of halogens is 2. The number of benzene rings is 2. The van der Waals surface area contributed by atoms with Crippen molar-refractivity contribution in [3.8, 4) is 5.75 Å². The molecule has 5 nitrogen and oxygen atoms in total. The lowest BCUT2D eigenvalue weighted by Crippen LogP contribution is -2.31. The van der Waals surface area contributed by atoms with E-state index in [1.807, 2.05) is 19.9 Å². The van der Waals surface area contributed by atoms with E-state index in [0.29, 0.717) is 16.0 Å². The van der Waals surface area contributed by atoms with Crippen molar-refractivity contribution in [1.82, 2.24) is 0 Å². The Balaban J connectivity index is 1.62. The maximum Gasteiger partial charge on any atom is 0.341 e. The highest BCUT2D eigenvalue weighted by molar-refractivity contribution is 9.10. The van der Waals surface area contributed by atoms with Gasteiger partial charge in [-0.15, -0.1) is 0 Å². The first-order chi connectivity index (χ1) is 16.6. The van der Waals surface area contributed by atoms with E-state index in [0.717, 1.165) is 36.1 Å². The van der Waals surface area contributed by atoms with Crippen LogP contribution in [-0.2, 0) is 4.74 Å². The third-order valence-corrected chi connectivity index (χ3v) is 7.25. The number of amides is 1. The molecule has 2 aromatic carbocycles. The minimum atomic E-state index is -0.750. The van der Waals surface area contributed by atoms with E-state index in [-0.39, 0.29) is 23.8 Å². The number of anilines is 1. The number of esters is 1. The molecule has 0 unspecified atom stereocenters. The highest BCUT2D eigenvalue weighted by Gasteiger charge is 2.33. The number of carbonyl (C=O) groups is 2. The number of carbonyl (C=O) groups excluding carboxylic acids is 2. The van der Waals surface area contributed by atoms with Crippen molar-refractivity contribution in [2.75, 3.05) is 11.9 Å². The summed E-state index contributed by atoms with van der Waals surface area (Å²) in [6, 6.07) is 7.50. The van der Waals surface area contributed by atoms with Gasteiger partial charge >= 0.3 is 5.97 Å². The van der Waals surface area contributed by atoms with Crippen LogP contribution in [0.5, 0.6) is 5.75 Å². The number of hydrogen-bond donors (Lipinski definition) is 1. The molecule has 1 N–H and O–H groups in total. The standard InChI is InChI=1S/C28H31BrFNO4/c1-5-34-27(33)20-11-10-19(14-24(20)30)31-26(32)18-12-21-22(17-8-6-16(2)7-9-17)15-28(3,4)35-25(21)23(29)13-18/h10-17H,5-9H2,1-4H3,(H,31,32). The summed E-state index contributed by atoms with van der Waals surface area (Å²) in [5, 5.41) is 2.74. The molecule has 1 fully saturated rings. The topological polar surface area (TPSA) is 64.6 Å². The summed E-state index contributed by atoms with van der Waals surface area (Å²) in [5.74, 6) is 0.0355. The zero-order valence-corrected chi connectivity index (χ0v) is 22.1. The first-order valence-electron chi connectivity index (χ1n) is 12.1. The Morgan fingerprint density at radius 2 is 1.89 bits per heavy atom. The average molecular weight is 544 g/mol. The van der Waals surface area contributed by atoms with Crippen LogP contribution in [0.3, 0.4) is 0 Å². The quantitative estimate of drug-likeness (QED) is 0.399. The molecule has 2 aliphatic rings. The van der Waals surface area contributed by atoms with Gasteiger partial charge in [0.2, 0.25) is 0 Å². The summed E-state index contributed by atoms with van der Waals surface area (Å²) in [4.78, 5) is 25.0. The fourth-order valence-electron chi connectivity index (χ4n) is 4.87. The molecule has 0 atom stereocenters. The van der Waals surface area contributed by atoms with Crippen LogP contribution in [0.2, 0.25) is 0 Å². The van der Waals surface area contributed by atoms with Gasteiger partial charge in [-0.1, -0.05) is 19.8 Å². The molecular weight excluding hydrogens is 513 g/mol. The van der Waals surface area contributed by atoms with Crippen LogP contribution in [0.4, 0.5) is 10.1 Å². The fraction of sp³-hybridized carbons (Fsp3) is 0.429. The maximum atomic E-state index is 14.4. The molecule has 1 saturated carbocycles. The molecule has 1 amide bonds. The Kier molecular flexibility index (Phi) is 7.36. The second kappa shape index (κ2) is 10.1. The lowest BCUT2D eigenvalue weighted by atomic mass is 9.75. The smallest absolute Gasteiger partial charge is 0.341 e. The molecule has 4 rings (SSSR count). The normalized spacial score (nSPS) is 20.8. The third-order valence-electron chi connectivity index (χ3n) is 6.66. The van der Waals surface area contributed by atoms with Crippen LogP contribution in [0, 0.1) is 17.7 Å². The summed E-state index contributed by atoms with van der Waals surface area (Å²) in [6.07, 6.45) is 6.79. The van der Waals surface area contributed by atoms with Gasteiger partial charge in [0.05, 0.1) is 16.6 Å². The Bertz CT molecular complexity index is 1180. The lowest BCUT2D eigenvalue weighted by Gasteiger charge is -2.37. The third kappa shape index (κ3) is 5.61. The van der Waals surface area contributed by atoms with Gasteiger partial charge in [0.25, 0.3) is 5.91 Å². The average Bonchev–Trinajstić information content (AvgIpc) is 2.79. The van der Waals surface area contributed by atoms with Gasteiger partial charge in [0, 0.05) is 16.8 Å². The summed E-state index contributed by atoms with van der Waals surface area (Å²) in [7, 11) is 0. The molecule has 0 aromatic heterocycles.